The molecule has 1 aromatic carbocycles. The molecule has 0 atom stereocenters. The quantitative estimate of drug-likeness (QED) is 0.909. The lowest BCUT2D eigenvalue weighted by Gasteiger charge is -2.17. The Morgan fingerprint density at radius 3 is 2.85 bits per heavy atom. The molecule has 3 N–H and O–H groups in total. The van der Waals surface area contributed by atoms with Crippen LogP contribution in [0.4, 0.5) is 21.0 Å². The molecule has 5 nitrogen and oxygen atoms in total. The standard InChI is InChI=1S/C13H15FN4OS/c1-3-16-13-17-11(15)10(20-13)12(19)18(2)9-7-5-4-6-8(9)14/h4-7H,3,15H2,1-2H3,(H,16,17). The molecule has 0 aliphatic carbocycles. The van der Waals surface area contributed by atoms with Gasteiger partial charge in [-0.15, -0.1) is 0 Å². The van der Waals surface area contributed by atoms with Crippen LogP contribution in [0.2, 0.25) is 0 Å². The highest BCUT2D eigenvalue weighted by atomic mass is 32.1. The fourth-order valence-electron chi connectivity index (χ4n) is 1.70. The Bertz CT molecular complexity index is 629. The van der Waals surface area contributed by atoms with Crippen LogP contribution in [0, 0.1) is 5.82 Å². The number of carbonyl (C=O) groups is 1. The lowest BCUT2D eigenvalue weighted by atomic mass is 10.2. The molecule has 0 unspecified atom stereocenters. The molecule has 0 aliphatic heterocycles. The first-order valence-corrected chi connectivity index (χ1v) is 6.89. The van der Waals surface area contributed by atoms with Gasteiger partial charge in [0.05, 0.1) is 5.69 Å². The van der Waals surface area contributed by atoms with E-state index in [-0.39, 0.29) is 17.4 Å². The van der Waals surface area contributed by atoms with Crippen LogP contribution >= 0.6 is 11.3 Å². The average molecular weight is 294 g/mol. The average Bonchev–Trinajstić information content (AvgIpc) is 2.79. The number of benzene rings is 1. The van der Waals surface area contributed by atoms with Gasteiger partial charge in [0.2, 0.25) is 0 Å². The van der Waals surface area contributed by atoms with E-state index in [9.17, 15) is 9.18 Å². The highest BCUT2D eigenvalue weighted by Gasteiger charge is 2.22. The summed E-state index contributed by atoms with van der Waals surface area (Å²) in [6, 6.07) is 6.08. The van der Waals surface area contributed by atoms with E-state index in [4.69, 9.17) is 5.73 Å². The summed E-state index contributed by atoms with van der Waals surface area (Å²) in [5.41, 5.74) is 5.95. The molecule has 0 spiro atoms. The van der Waals surface area contributed by atoms with Gasteiger partial charge in [-0.3, -0.25) is 4.79 Å². The molecule has 7 heteroatoms. The number of halogens is 1. The maximum absolute atomic E-state index is 13.7. The topological polar surface area (TPSA) is 71.2 Å². The number of nitrogens with two attached hydrogens (primary N) is 1. The minimum absolute atomic E-state index is 0.152. The molecule has 0 saturated heterocycles. The Morgan fingerprint density at radius 1 is 1.50 bits per heavy atom. The minimum Gasteiger partial charge on any atom is -0.382 e. The second-order valence-corrected chi connectivity index (χ2v) is 5.08. The van der Waals surface area contributed by atoms with Gasteiger partial charge < -0.3 is 16.0 Å². The van der Waals surface area contributed by atoms with Crippen molar-refractivity contribution in [1.29, 1.82) is 0 Å². The summed E-state index contributed by atoms with van der Waals surface area (Å²) >= 11 is 1.16. The van der Waals surface area contributed by atoms with Gasteiger partial charge in [-0.2, -0.15) is 0 Å². The summed E-state index contributed by atoms with van der Waals surface area (Å²) in [6.45, 7) is 2.61. The minimum atomic E-state index is -0.460. The van der Waals surface area contributed by atoms with Crippen molar-refractivity contribution in [2.24, 2.45) is 0 Å². The van der Waals surface area contributed by atoms with Gasteiger partial charge in [0.1, 0.15) is 16.5 Å². The van der Waals surface area contributed by atoms with Crippen LogP contribution in [-0.4, -0.2) is 24.5 Å². The second-order valence-electron chi connectivity index (χ2n) is 4.08. The number of nitrogens with zero attached hydrogens (tertiary/aromatic N) is 2. The van der Waals surface area contributed by atoms with Crippen LogP contribution in [0.15, 0.2) is 24.3 Å². The predicted octanol–water partition coefficient (Wildman–Crippen LogP) is 2.57. The summed E-state index contributed by atoms with van der Waals surface area (Å²) in [6.07, 6.45) is 0. The largest absolute Gasteiger partial charge is 0.382 e. The van der Waals surface area contributed by atoms with E-state index in [1.807, 2.05) is 6.92 Å². The van der Waals surface area contributed by atoms with Crippen LogP contribution in [0.5, 0.6) is 0 Å². The Hall–Kier alpha value is -2.15. The number of rotatable bonds is 4. The highest BCUT2D eigenvalue weighted by molar-refractivity contribution is 7.18. The van der Waals surface area contributed by atoms with Gasteiger partial charge in [0.15, 0.2) is 5.13 Å². The van der Waals surface area contributed by atoms with E-state index < -0.39 is 5.82 Å². The van der Waals surface area contributed by atoms with Crippen molar-refractivity contribution in [3.05, 3.63) is 35.0 Å². The van der Waals surface area contributed by atoms with Crippen LogP contribution in [0.3, 0.4) is 0 Å². The van der Waals surface area contributed by atoms with Crippen molar-refractivity contribution in [3.8, 4) is 0 Å². The predicted molar refractivity (Wildman–Crippen MR) is 79.8 cm³/mol. The van der Waals surface area contributed by atoms with Gasteiger partial charge in [-0.05, 0) is 19.1 Å². The number of hydrogen-bond acceptors (Lipinski definition) is 5. The first-order valence-electron chi connectivity index (χ1n) is 6.07. The monoisotopic (exact) mass is 294 g/mol. The van der Waals surface area contributed by atoms with E-state index >= 15 is 0 Å². The van der Waals surface area contributed by atoms with E-state index in [1.54, 1.807) is 12.1 Å². The van der Waals surface area contributed by atoms with Gasteiger partial charge in [-0.1, -0.05) is 23.5 Å². The van der Waals surface area contributed by atoms with Crippen LogP contribution in [0.25, 0.3) is 0 Å². The van der Waals surface area contributed by atoms with Crippen molar-refractivity contribution in [3.63, 3.8) is 0 Å². The Kier molecular flexibility index (Phi) is 4.19. The first-order chi connectivity index (χ1) is 9.54. The van der Waals surface area contributed by atoms with E-state index in [2.05, 4.69) is 10.3 Å². The van der Waals surface area contributed by atoms with Crippen molar-refractivity contribution in [2.45, 2.75) is 6.92 Å². The summed E-state index contributed by atoms with van der Waals surface area (Å²) in [5.74, 6) is -0.688. The Labute approximate surface area is 120 Å². The lowest BCUT2D eigenvalue weighted by molar-refractivity contribution is 0.0996. The van der Waals surface area contributed by atoms with Crippen molar-refractivity contribution in [1.82, 2.24) is 4.98 Å². The zero-order chi connectivity index (χ0) is 14.7. The third-order valence-corrected chi connectivity index (χ3v) is 3.71. The molecule has 1 heterocycles. The molecule has 0 fully saturated rings. The molecule has 0 saturated carbocycles. The molecule has 0 radical (unpaired) electrons. The fraction of sp³-hybridized carbons (Fsp3) is 0.231. The smallest absolute Gasteiger partial charge is 0.272 e. The van der Waals surface area contributed by atoms with Crippen LogP contribution < -0.4 is 16.0 Å². The summed E-state index contributed by atoms with van der Waals surface area (Å²) in [5, 5.41) is 3.58. The number of aromatic nitrogens is 1. The molecule has 1 amide bonds. The molecule has 1 aromatic heterocycles. The molecule has 20 heavy (non-hydrogen) atoms. The summed E-state index contributed by atoms with van der Waals surface area (Å²) in [4.78, 5) is 18.0. The SMILES string of the molecule is CCNc1nc(N)c(C(=O)N(C)c2ccccc2F)s1. The zero-order valence-electron chi connectivity index (χ0n) is 11.2. The Balaban J connectivity index is 2.29. The summed E-state index contributed by atoms with van der Waals surface area (Å²) in [7, 11) is 1.51. The van der Waals surface area contributed by atoms with Gasteiger partial charge in [0, 0.05) is 13.6 Å². The molecule has 106 valence electrons. The lowest BCUT2D eigenvalue weighted by Crippen LogP contribution is -2.27. The molecule has 2 aromatic rings. The van der Waals surface area contributed by atoms with Crippen molar-refractivity contribution in [2.75, 3.05) is 29.5 Å². The third-order valence-electron chi connectivity index (χ3n) is 2.69. The Morgan fingerprint density at radius 2 is 2.20 bits per heavy atom. The van der Waals surface area contributed by atoms with Crippen molar-refractivity contribution < 1.29 is 9.18 Å². The second kappa shape index (κ2) is 5.87. The molecule has 0 aliphatic rings. The van der Waals surface area contributed by atoms with E-state index in [0.717, 1.165) is 11.3 Å². The number of thiazole rings is 1. The first kappa shape index (κ1) is 14.3. The highest BCUT2D eigenvalue weighted by Crippen LogP contribution is 2.28. The third kappa shape index (κ3) is 2.72. The van der Waals surface area contributed by atoms with Crippen LogP contribution in [0.1, 0.15) is 16.6 Å². The van der Waals surface area contributed by atoms with Crippen LogP contribution in [-0.2, 0) is 0 Å². The molecule has 0 bridgehead atoms. The number of nitrogen functional groups attached to an aromatic ring is 1. The molecular formula is C13H15FN4OS. The van der Waals surface area contributed by atoms with Gasteiger partial charge >= 0.3 is 0 Å². The number of carbonyl (C=O) groups excluding carboxylic acids is 1. The summed E-state index contributed by atoms with van der Waals surface area (Å²) < 4.78 is 13.7. The number of nitrogens with one attached hydrogen (secondary N) is 1. The fourth-order valence-corrected chi connectivity index (χ4v) is 2.63. The maximum Gasteiger partial charge on any atom is 0.272 e. The number of anilines is 3. The van der Waals surface area contributed by atoms with E-state index in [0.29, 0.717) is 16.6 Å². The van der Waals surface area contributed by atoms with E-state index in [1.165, 1.54) is 24.1 Å². The zero-order valence-corrected chi connectivity index (χ0v) is 12.0. The van der Waals surface area contributed by atoms with Gasteiger partial charge in [0.25, 0.3) is 5.91 Å². The normalized spacial score (nSPS) is 10.3. The number of hydrogen-bond donors (Lipinski definition) is 2. The number of para-hydroxylation sites is 1. The maximum atomic E-state index is 13.7. The van der Waals surface area contributed by atoms with Crippen molar-refractivity contribution >= 4 is 33.9 Å². The molecule has 2 rings (SSSR count). The number of amides is 1. The van der Waals surface area contributed by atoms with Gasteiger partial charge in [-0.25, -0.2) is 9.37 Å². The molecular weight excluding hydrogens is 279 g/mol.